The van der Waals surface area contributed by atoms with Crippen LogP contribution in [0.5, 0.6) is 11.5 Å². The molecule has 0 amide bonds. The molecule has 0 unspecified atom stereocenters. The largest absolute Gasteiger partial charge is 0.478 e. The molecular weight excluding hydrogens is 240 g/mol. The SMILES string of the molecule is Cc1cccc(Oc2cccc(C=CC(=O)O)c2)c1. The third-order valence-electron chi connectivity index (χ3n) is 2.50. The van der Waals surface area contributed by atoms with E-state index < -0.39 is 5.97 Å². The van der Waals surface area contributed by atoms with Gasteiger partial charge < -0.3 is 9.84 Å². The molecule has 0 aliphatic rings. The number of benzene rings is 2. The number of aliphatic carboxylic acids is 1. The van der Waals surface area contributed by atoms with E-state index in [1.165, 1.54) is 6.08 Å². The second-order valence-electron chi connectivity index (χ2n) is 4.16. The Morgan fingerprint density at radius 1 is 1.11 bits per heavy atom. The predicted octanol–water partition coefficient (Wildman–Crippen LogP) is 3.89. The van der Waals surface area contributed by atoms with E-state index in [2.05, 4.69) is 0 Å². The van der Waals surface area contributed by atoms with Gasteiger partial charge in [-0.1, -0.05) is 24.3 Å². The molecule has 0 aliphatic heterocycles. The number of ether oxygens (including phenoxy) is 1. The van der Waals surface area contributed by atoms with Gasteiger partial charge in [0.15, 0.2) is 0 Å². The van der Waals surface area contributed by atoms with Gasteiger partial charge in [0.2, 0.25) is 0 Å². The monoisotopic (exact) mass is 254 g/mol. The molecule has 2 aromatic rings. The maximum absolute atomic E-state index is 10.5. The van der Waals surface area contributed by atoms with Crippen molar-refractivity contribution in [2.75, 3.05) is 0 Å². The average Bonchev–Trinajstić information content (AvgIpc) is 2.37. The van der Waals surface area contributed by atoms with E-state index >= 15 is 0 Å². The topological polar surface area (TPSA) is 46.5 Å². The summed E-state index contributed by atoms with van der Waals surface area (Å²) in [7, 11) is 0. The number of carbonyl (C=O) groups is 1. The molecule has 2 rings (SSSR count). The van der Waals surface area contributed by atoms with Gasteiger partial charge in [0, 0.05) is 6.08 Å². The Labute approximate surface area is 111 Å². The molecule has 3 nitrogen and oxygen atoms in total. The highest BCUT2D eigenvalue weighted by Gasteiger charge is 1.98. The van der Waals surface area contributed by atoms with Crippen LogP contribution in [0.4, 0.5) is 0 Å². The van der Waals surface area contributed by atoms with E-state index in [0.717, 1.165) is 23.0 Å². The van der Waals surface area contributed by atoms with Crippen LogP contribution in [0, 0.1) is 6.92 Å². The Morgan fingerprint density at radius 3 is 2.47 bits per heavy atom. The second kappa shape index (κ2) is 5.87. The molecule has 0 radical (unpaired) electrons. The van der Waals surface area contributed by atoms with Gasteiger partial charge in [-0.3, -0.25) is 0 Å². The number of rotatable bonds is 4. The molecule has 19 heavy (non-hydrogen) atoms. The van der Waals surface area contributed by atoms with Crippen molar-refractivity contribution in [1.82, 2.24) is 0 Å². The first-order valence-electron chi connectivity index (χ1n) is 5.89. The van der Waals surface area contributed by atoms with Crippen LogP contribution >= 0.6 is 0 Å². The normalized spacial score (nSPS) is 10.6. The van der Waals surface area contributed by atoms with Crippen molar-refractivity contribution in [2.24, 2.45) is 0 Å². The average molecular weight is 254 g/mol. The van der Waals surface area contributed by atoms with Crippen LogP contribution in [0.2, 0.25) is 0 Å². The first-order valence-corrected chi connectivity index (χ1v) is 5.89. The smallest absolute Gasteiger partial charge is 0.328 e. The van der Waals surface area contributed by atoms with Crippen molar-refractivity contribution < 1.29 is 14.6 Å². The van der Waals surface area contributed by atoms with E-state index in [4.69, 9.17) is 9.84 Å². The van der Waals surface area contributed by atoms with E-state index in [-0.39, 0.29) is 0 Å². The van der Waals surface area contributed by atoms with Gasteiger partial charge in [0.25, 0.3) is 0 Å². The van der Waals surface area contributed by atoms with Crippen LogP contribution < -0.4 is 4.74 Å². The molecule has 0 aliphatic carbocycles. The van der Waals surface area contributed by atoms with Crippen molar-refractivity contribution in [3.63, 3.8) is 0 Å². The molecule has 0 bridgehead atoms. The minimum atomic E-state index is -0.968. The molecule has 0 aromatic heterocycles. The van der Waals surface area contributed by atoms with Crippen LogP contribution in [-0.4, -0.2) is 11.1 Å². The van der Waals surface area contributed by atoms with Crippen molar-refractivity contribution in [2.45, 2.75) is 6.92 Å². The molecule has 1 N–H and O–H groups in total. The molecule has 0 fully saturated rings. The minimum absolute atomic E-state index is 0.679. The number of aryl methyl sites for hydroxylation is 1. The molecule has 2 aromatic carbocycles. The predicted molar refractivity (Wildman–Crippen MR) is 74.4 cm³/mol. The van der Waals surface area contributed by atoms with E-state index in [1.807, 2.05) is 49.4 Å². The molecule has 96 valence electrons. The van der Waals surface area contributed by atoms with Crippen LogP contribution in [0.15, 0.2) is 54.6 Å². The maximum Gasteiger partial charge on any atom is 0.328 e. The number of carboxylic acid groups (broad SMARTS) is 1. The van der Waals surface area contributed by atoms with Gasteiger partial charge in [0.05, 0.1) is 0 Å². The molecule has 0 heterocycles. The standard InChI is InChI=1S/C16H14O3/c1-12-4-2-6-14(10-12)19-15-7-3-5-13(11-15)8-9-16(17)18/h2-11H,1H3,(H,17,18). The zero-order valence-corrected chi connectivity index (χ0v) is 10.5. The molecular formula is C16H14O3. The van der Waals surface area contributed by atoms with Crippen LogP contribution in [0.1, 0.15) is 11.1 Å². The van der Waals surface area contributed by atoms with Crippen LogP contribution in [0.25, 0.3) is 6.08 Å². The summed E-state index contributed by atoms with van der Waals surface area (Å²) >= 11 is 0. The van der Waals surface area contributed by atoms with Gasteiger partial charge in [-0.15, -0.1) is 0 Å². The zero-order valence-electron chi connectivity index (χ0n) is 10.5. The van der Waals surface area contributed by atoms with E-state index in [1.54, 1.807) is 6.07 Å². The lowest BCUT2D eigenvalue weighted by Crippen LogP contribution is -1.87. The fourth-order valence-corrected chi connectivity index (χ4v) is 1.66. The fourth-order valence-electron chi connectivity index (χ4n) is 1.66. The van der Waals surface area contributed by atoms with Gasteiger partial charge in [0.1, 0.15) is 11.5 Å². The quantitative estimate of drug-likeness (QED) is 0.842. The Balaban J connectivity index is 2.17. The molecule has 3 heteroatoms. The number of hydrogen-bond acceptors (Lipinski definition) is 2. The molecule has 0 spiro atoms. The van der Waals surface area contributed by atoms with E-state index in [0.29, 0.717) is 5.75 Å². The van der Waals surface area contributed by atoms with Gasteiger partial charge in [-0.25, -0.2) is 4.79 Å². The Kier molecular flexibility index (Phi) is 3.98. The second-order valence-corrected chi connectivity index (χ2v) is 4.16. The summed E-state index contributed by atoms with van der Waals surface area (Å²) in [5.74, 6) is 0.475. The summed E-state index contributed by atoms with van der Waals surface area (Å²) in [4.78, 5) is 10.5. The summed E-state index contributed by atoms with van der Waals surface area (Å²) < 4.78 is 5.73. The van der Waals surface area contributed by atoms with Crippen molar-refractivity contribution >= 4 is 12.0 Å². The highest BCUT2D eigenvalue weighted by molar-refractivity contribution is 5.85. The van der Waals surface area contributed by atoms with Crippen molar-refractivity contribution in [3.05, 3.63) is 65.7 Å². The molecule has 0 atom stereocenters. The number of carboxylic acids is 1. The summed E-state index contributed by atoms with van der Waals surface area (Å²) in [6.45, 7) is 2.00. The van der Waals surface area contributed by atoms with Crippen molar-refractivity contribution in [3.8, 4) is 11.5 Å². The minimum Gasteiger partial charge on any atom is -0.478 e. The molecule has 0 saturated heterocycles. The van der Waals surface area contributed by atoms with Gasteiger partial charge in [-0.05, 0) is 48.4 Å². The summed E-state index contributed by atoms with van der Waals surface area (Å²) in [5, 5.41) is 8.59. The Bertz CT molecular complexity index is 615. The first kappa shape index (κ1) is 12.9. The first-order chi connectivity index (χ1) is 9.13. The Hall–Kier alpha value is -2.55. The van der Waals surface area contributed by atoms with Crippen LogP contribution in [0.3, 0.4) is 0 Å². The number of hydrogen-bond donors (Lipinski definition) is 1. The molecule has 0 saturated carbocycles. The maximum atomic E-state index is 10.5. The summed E-state index contributed by atoms with van der Waals surface area (Å²) in [5.41, 5.74) is 1.91. The summed E-state index contributed by atoms with van der Waals surface area (Å²) in [6, 6.07) is 15.0. The third-order valence-corrected chi connectivity index (χ3v) is 2.50. The highest BCUT2D eigenvalue weighted by Crippen LogP contribution is 2.23. The fraction of sp³-hybridized carbons (Fsp3) is 0.0625. The third kappa shape index (κ3) is 4.00. The van der Waals surface area contributed by atoms with Gasteiger partial charge in [-0.2, -0.15) is 0 Å². The van der Waals surface area contributed by atoms with E-state index in [9.17, 15) is 4.79 Å². The summed E-state index contributed by atoms with van der Waals surface area (Å²) in [6.07, 6.45) is 2.64. The Morgan fingerprint density at radius 2 is 1.79 bits per heavy atom. The lowest BCUT2D eigenvalue weighted by atomic mass is 10.2. The lowest BCUT2D eigenvalue weighted by molar-refractivity contribution is -0.131. The van der Waals surface area contributed by atoms with Crippen molar-refractivity contribution in [1.29, 1.82) is 0 Å². The zero-order chi connectivity index (χ0) is 13.7. The lowest BCUT2D eigenvalue weighted by Gasteiger charge is -2.06. The highest BCUT2D eigenvalue weighted by atomic mass is 16.5. The van der Waals surface area contributed by atoms with Crippen LogP contribution in [-0.2, 0) is 4.79 Å². The van der Waals surface area contributed by atoms with Gasteiger partial charge >= 0.3 is 5.97 Å².